The number of hydrogen-bond donors (Lipinski definition) is 1. The number of nitrogens with one attached hydrogen (secondary N) is 1. The minimum atomic E-state index is -0.498. The third kappa shape index (κ3) is 5.77. The summed E-state index contributed by atoms with van der Waals surface area (Å²) in [7, 11) is 0. The molecular weight excluding hydrogens is 244 g/mol. The van der Waals surface area contributed by atoms with Gasteiger partial charge in [-0.3, -0.25) is 4.79 Å². The van der Waals surface area contributed by atoms with Gasteiger partial charge in [0.05, 0.1) is 6.04 Å². The number of alkyl carbamates (subject to hydrolysis) is 1. The average molecular weight is 268 g/mol. The second kappa shape index (κ2) is 6.59. The van der Waals surface area contributed by atoms with Crippen molar-refractivity contribution in [3.05, 3.63) is 12.7 Å². The highest BCUT2D eigenvalue weighted by Gasteiger charge is 2.28. The lowest BCUT2D eigenvalue weighted by Gasteiger charge is -2.22. The summed E-state index contributed by atoms with van der Waals surface area (Å²) >= 11 is 0. The first kappa shape index (κ1) is 15.5. The number of likely N-dealkylation sites (tertiary alicyclic amines) is 1. The summed E-state index contributed by atoms with van der Waals surface area (Å²) in [6.45, 7) is 10.3. The van der Waals surface area contributed by atoms with Crippen LogP contribution in [0, 0.1) is 0 Å². The van der Waals surface area contributed by atoms with E-state index in [1.165, 1.54) is 0 Å². The summed E-state index contributed by atoms with van der Waals surface area (Å²) in [6, 6.07) is -0.0115. The molecule has 0 aromatic carbocycles. The molecule has 1 heterocycles. The third-order valence-corrected chi connectivity index (χ3v) is 2.82. The predicted molar refractivity (Wildman–Crippen MR) is 73.8 cm³/mol. The third-order valence-electron chi connectivity index (χ3n) is 2.82. The summed E-state index contributed by atoms with van der Waals surface area (Å²) in [5, 5.41) is 2.80. The van der Waals surface area contributed by atoms with Crippen molar-refractivity contribution in [2.24, 2.45) is 0 Å². The Bertz CT molecular complexity index is 347. The van der Waals surface area contributed by atoms with Gasteiger partial charge in [-0.05, 0) is 33.6 Å². The van der Waals surface area contributed by atoms with Crippen LogP contribution >= 0.6 is 0 Å². The fourth-order valence-electron chi connectivity index (χ4n) is 1.96. The zero-order chi connectivity index (χ0) is 14.5. The van der Waals surface area contributed by atoms with Crippen LogP contribution in [-0.2, 0) is 9.53 Å². The quantitative estimate of drug-likeness (QED) is 0.794. The number of ether oxygens (including phenoxy) is 1. The molecule has 0 aliphatic carbocycles. The minimum Gasteiger partial charge on any atom is -0.444 e. The van der Waals surface area contributed by atoms with Gasteiger partial charge in [0.1, 0.15) is 5.60 Å². The summed E-state index contributed by atoms with van der Waals surface area (Å²) in [5.41, 5.74) is -0.498. The highest BCUT2D eigenvalue weighted by atomic mass is 16.6. The van der Waals surface area contributed by atoms with Gasteiger partial charge in [0.2, 0.25) is 5.91 Å². The highest BCUT2D eigenvalue weighted by molar-refractivity contribution is 5.77. The topological polar surface area (TPSA) is 58.6 Å². The summed E-state index contributed by atoms with van der Waals surface area (Å²) in [6.07, 6.45) is 3.28. The molecule has 0 aromatic rings. The largest absolute Gasteiger partial charge is 0.444 e. The lowest BCUT2D eigenvalue weighted by atomic mass is 10.2. The molecule has 5 nitrogen and oxygen atoms in total. The maximum Gasteiger partial charge on any atom is 0.407 e. The molecule has 1 fully saturated rings. The molecule has 0 aromatic heterocycles. The zero-order valence-electron chi connectivity index (χ0n) is 12.1. The van der Waals surface area contributed by atoms with Gasteiger partial charge < -0.3 is 15.0 Å². The maximum absolute atomic E-state index is 11.8. The van der Waals surface area contributed by atoms with E-state index in [0.717, 1.165) is 6.42 Å². The van der Waals surface area contributed by atoms with E-state index in [4.69, 9.17) is 4.74 Å². The van der Waals surface area contributed by atoms with Gasteiger partial charge in [-0.25, -0.2) is 4.79 Å². The van der Waals surface area contributed by atoms with Crippen LogP contribution in [0.1, 0.15) is 40.0 Å². The Morgan fingerprint density at radius 2 is 2.16 bits per heavy atom. The van der Waals surface area contributed by atoms with E-state index in [2.05, 4.69) is 11.9 Å². The van der Waals surface area contributed by atoms with Crippen LogP contribution in [0.2, 0.25) is 0 Å². The molecule has 1 rings (SSSR count). The van der Waals surface area contributed by atoms with Crippen molar-refractivity contribution >= 4 is 12.0 Å². The van der Waals surface area contributed by atoms with Crippen molar-refractivity contribution in [3.63, 3.8) is 0 Å². The minimum absolute atomic E-state index is 0.0115. The van der Waals surface area contributed by atoms with Crippen LogP contribution < -0.4 is 5.32 Å². The van der Waals surface area contributed by atoms with E-state index in [0.29, 0.717) is 25.9 Å². The Balaban J connectivity index is 2.34. The smallest absolute Gasteiger partial charge is 0.407 e. The number of amides is 2. The number of allylic oxidation sites excluding steroid dienone is 1. The summed E-state index contributed by atoms with van der Waals surface area (Å²) < 4.78 is 5.19. The molecular formula is C14H24N2O3. The first-order valence-electron chi connectivity index (χ1n) is 6.70. The van der Waals surface area contributed by atoms with Crippen LogP contribution in [-0.4, -0.2) is 41.6 Å². The van der Waals surface area contributed by atoms with Crippen molar-refractivity contribution in [1.82, 2.24) is 10.2 Å². The summed E-state index contributed by atoms with van der Waals surface area (Å²) in [4.78, 5) is 25.2. The van der Waals surface area contributed by atoms with Crippen molar-refractivity contribution < 1.29 is 14.3 Å². The van der Waals surface area contributed by atoms with Gasteiger partial charge in [0.25, 0.3) is 0 Å². The number of hydrogen-bond acceptors (Lipinski definition) is 3. The molecule has 1 aliphatic rings. The van der Waals surface area contributed by atoms with Crippen LogP contribution in [0.5, 0.6) is 0 Å². The van der Waals surface area contributed by atoms with Gasteiger partial charge in [0, 0.05) is 19.5 Å². The van der Waals surface area contributed by atoms with Crippen molar-refractivity contribution in [2.75, 3.05) is 13.1 Å². The van der Waals surface area contributed by atoms with Gasteiger partial charge in [0.15, 0.2) is 0 Å². The average Bonchev–Trinajstić information content (AvgIpc) is 2.71. The van der Waals surface area contributed by atoms with Crippen LogP contribution in [0.3, 0.4) is 0 Å². The summed E-state index contributed by atoms with van der Waals surface area (Å²) in [5.74, 6) is 0.119. The molecule has 0 spiro atoms. The Labute approximate surface area is 115 Å². The molecule has 0 unspecified atom stereocenters. The SMILES string of the molecule is C=CCCC(=O)N1CC[C@@H](NC(=O)OC(C)(C)C)C1. The lowest BCUT2D eigenvalue weighted by Crippen LogP contribution is -2.41. The lowest BCUT2D eigenvalue weighted by molar-refractivity contribution is -0.130. The zero-order valence-corrected chi connectivity index (χ0v) is 12.1. The number of rotatable bonds is 4. The monoisotopic (exact) mass is 268 g/mol. The number of nitrogens with zero attached hydrogens (tertiary/aromatic N) is 1. The Kier molecular flexibility index (Phi) is 5.39. The fraction of sp³-hybridized carbons (Fsp3) is 0.714. The van der Waals surface area contributed by atoms with Gasteiger partial charge in [-0.1, -0.05) is 6.08 Å². The Morgan fingerprint density at radius 1 is 1.47 bits per heavy atom. The first-order chi connectivity index (χ1) is 8.81. The maximum atomic E-state index is 11.8. The number of carbonyl (C=O) groups excluding carboxylic acids is 2. The second-order valence-electron chi connectivity index (χ2n) is 5.80. The predicted octanol–water partition coefficient (Wildman–Crippen LogP) is 2.08. The molecule has 0 saturated carbocycles. The van der Waals surface area contributed by atoms with E-state index < -0.39 is 11.7 Å². The van der Waals surface area contributed by atoms with E-state index >= 15 is 0 Å². The van der Waals surface area contributed by atoms with E-state index in [-0.39, 0.29) is 11.9 Å². The highest BCUT2D eigenvalue weighted by Crippen LogP contribution is 2.13. The van der Waals surface area contributed by atoms with Gasteiger partial charge in [-0.2, -0.15) is 0 Å². The molecule has 2 amide bonds. The van der Waals surface area contributed by atoms with Crippen molar-refractivity contribution in [1.29, 1.82) is 0 Å². The molecule has 108 valence electrons. The van der Waals surface area contributed by atoms with E-state index in [9.17, 15) is 9.59 Å². The van der Waals surface area contributed by atoms with Crippen molar-refractivity contribution in [2.45, 2.75) is 51.7 Å². The fourth-order valence-corrected chi connectivity index (χ4v) is 1.96. The van der Waals surface area contributed by atoms with Gasteiger partial charge >= 0.3 is 6.09 Å². The molecule has 0 radical (unpaired) electrons. The molecule has 0 bridgehead atoms. The first-order valence-corrected chi connectivity index (χ1v) is 6.70. The molecule has 19 heavy (non-hydrogen) atoms. The van der Waals surface area contributed by atoms with Crippen LogP contribution in [0.25, 0.3) is 0 Å². The van der Waals surface area contributed by atoms with Crippen LogP contribution in [0.15, 0.2) is 12.7 Å². The molecule has 5 heteroatoms. The standard InChI is InChI=1S/C14H24N2O3/c1-5-6-7-12(17)16-9-8-11(10-16)15-13(18)19-14(2,3)4/h5,11H,1,6-10H2,2-4H3,(H,15,18)/t11-/m1/s1. The Hall–Kier alpha value is -1.52. The van der Waals surface area contributed by atoms with Gasteiger partial charge in [-0.15, -0.1) is 6.58 Å². The Morgan fingerprint density at radius 3 is 2.74 bits per heavy atom. The number of carbonyl (C=O) groups is 2. The molecule has 1 atom stereocenters. The molecule has 1 N–H and O–H groups in total. The second-order valence-corrected chi connectivity index (χ2v) is 5.80. The molecule has 1 saturated heterocycles. The normalized spacial score (nSPS) is 19.1. The van der Waals surface area contributed by atoms with Crippen molar-refractivity contribution in [3.8, 4) is 0 Å². The van der Waals surface area contributed by atoms with E-state index in [1.54, 1.807) is 11.0 Å². The molecule has 1 aliphatic heterocycles. The van der Waals surface area contributed by atoms with Crippen LogP contribution in [0.4, 0.5) is 4.79 Å². The van der Waals surface area contributed by atoms with E-state index in [1.807, 2.05) is 20.8 Å².